The van der Waals surface area contributed by atoms with Gasteiger partial charge in [-0.2, -0.15) is 4.31 Å². The Kier molecular flexibility index (Phi) is 5.81. The van der Waals surface area contributed by atoms with Crippen LogP contribution in [0.3, 0.4) is 0 Å². The van der Waals surface area contributed by atoms with E-state index in [0.29, 0.717) is 31.5 Å². The Morgan fingerprint density at radius 2 is 1.84 bits per heavy atom. The molecule has 1 N–H and O–H groups in total. The van der Waals surface area contributed by atoms with E-state index in [4.69, 9.17) is 0 Å². The van der Waals surface area contributed by atoms with E-state index in [1.165, 1.54) is 16.4 Å². The number of carbonyl (C=O) groups excluding carboxylic acids is 2. The smallest absolute Gasteiger partial charge is 0.243 e. The van der Waals surface area contributed by atoms with Gasteiger partial charge in [0.2, 0.25) is 21.8 Å². The Labute approximate surface area is 180 Å². The molecule has 1 unspecified atom stereocenters. The van der Waals surface area contributed by atoms with Crippen LogP contribution in [0, 0.1) is 12.7 Å². The zero-order valence-corrected chi connectivity index (χ0v) is 18.0. The molecular weight excluding hydrogens is 421 g/mol. The maximum absolute atomic E-state index is 13.2. The fourth-order valence-corrected chi connectivity index (χ4v) is 5.85. The van der Waals surface area contributed by atoms with Crippen LogP contribution in [0.1, 0.15) is 31.2 Å². The van der Waals surface area contributed by atoms with Crippen LogP contribution >= 0.6 is 0 Å². The number of nitrogens with one attached hydrogen (secondary N) is 1. The normalized spacial score (nSPS) is 19.7. The highest BCUT2D eigenvalue weighted by atomic mass is 32.2. The molecule has 9 heteroatoms. The van der Waals surface area contributed by atoms with Gasteiger partial charge in [0, 0.05) is 30.9 Å². The lowest BCUT2D eigenvalue weighted by molar-refractivity contribution is -0.119. The monoisotopic (exact) mass is 445 g/mol. The van der Waals surface area contributed by atoms with Gasteiger partial charge >= 0.3 is 0 Å². The van der Waals surface area contributed by atoms with Crippen molar-refractivity contribution in [1.82, 2.24) is 4.31 Å². The fraction of sp³-hybridized carbons (Fsp3) is 0.364. The number of carbonyl (C=O) groups is 2. The summed E-state index contributed by atoms with van der Waals surface area (Å²) in [6.45, 7) is 2.79. The van der Waals surface area contributed by atoms with Crippen LogP contribution in [0.5, 0.6) is 0 Å². The van der Waals surface area contributed by atoms with Crippen LogP contribution in [0.2, 0.25) is 0 Å². The minimum atomic E-state index is -3.91. The molecule has 2 aliphatic heterocycles. The molecule has 31 heavy (non-hydrogen) atoms. The first kappa shape index (κ1) is 21.5. The molecule has 0 bridgehead atoms. The van der Waals surface area contributed by atoms with E-state index in [2.05, 4.69) is 5.32 Å². The highest BCUT2D eigenvalue weighted by molar-refractivity contribution is 7.89. The van der Waals surface area contributed by atoms with Gasteiger partial charge in [-0.3, -0.25) is 9.59 Å². The lowest BCUT2D eigenvalue weighted by Crippen LogP contribution is -2.43. The number of amides is 2. The summed E-state index contributed by atoms with van der Waals surface area (Å²) in [5.41, 5.74) is 2.22. The van der Waals surface area contributed by atoms with Gasteiger partial charge in [0.1, 0.15) is 11.9 Å². The lowest BCUT2D eigenvalue weighted by atomic mass is 10.1. The van der Waals surface area contributed by atoms with Crippen LogP contribution in [0.15, 0.2) is 47.4 Å². The number of hydrogen-bond donors (Lipinski definition) is 1. The molecule has 2 aromatic carbocycles. The largest absolute Gasteiger partial charge is 0.325 e. The Morgan fingerprint density at radius 3 is 2.48 bits per heavy atom. The summed E-state index contributed by atoms with van der Waals surface area (Å²) in [6.07, 6.45) is 2.34. The highest BCUT2D eigenvalue weighted by Gasteiger charge is 2.39. The van der Waals surface area contributed by atoms with Crippen molar-refractivity contribution < 1.29 is 22.4 Å². The Bertz CT molecular complexity index is 1120. The molecule has 0 aliphatic carbocycles. The standard InChI is InChI=1S/C22H24FN3O4S/c1-15-14-17(8-11-19(15)25-12-3-5-21(25)27)24-22(28)20-4-2-13-26(20)31(29,30)18-9-6-16(23)7-10-18/h6-11,14,20H,2-5,12-13H2,1H3,(H,24,28). The predicted molar refractivity (Wildman–Crippen MR) is 115 cm³/mol. The number of sulfonamides is 1. The maximum Gasteiger partial charge on any atom is 0.243 e. The van der Waals surface area contributed by atoms with Crippen molar-refractivity contribution in [3.63, 3.8) is 0 Å². The van der Waals surface area contributed by atoms with E-state index in [0.717, 1.165) is 29.8 Å². The zero-order chi connectivity index (χ0) is 22.2. The molecule has 2 amide bonds. The van der Waals surface area contributed by atoms with Gasteiger partial charge in [-0.1, -0.05) is 0 Å². The molecule has 0 radical (unpaired) electrons. The number of halogens is 1. The summed E-state index contributed by atoms with van der Waals surface area (Å²) in [5, 5.41) is 2.81. The lowest BCUT2D eigenvalue weighted by Gasteiger charge is -2.24. The van der Waals surface area contributed by atoms with Crippen LogP contribution in [-0.2, 0) is 19.6 Å². The van der Waals surface area contributed by atoms with E-state index < -0.39 is 27.8 Å². The number of nitrogens with zero attached hydrogens (tertiary/aromatic N) is 2. The van der Waals surface area contributed by atoms with Gasteiger partial charge in [0.25, 0.3) is 0 Å². The van der Waals surface area contributed by atoms with Crippen molar-refractivity contribution in [2.24, 2.45) is 0 Å². The highest BCUT2D eigenvalue weighted by Crippen LogP contribution is 2.30. The number of hydrogen-bond acceptors (Lipinski definition) is 4. The summed E-state index contributed by atoms with van der Waals surface area (Å²) < 4.78 is 40.3. The Balaban J connectivity index is 1.51. The molecule has 164 valence electrons. The molecule has 2 saturated heterocycles. The van der Waals surface area contributed by atoms with Gasteiger partial charge < -0.3 is 10.2 Å². The van der Waals surface area contributed by atoms with E-state index in [9.17, 15) is 22.4 Å². The van der Waals surface area contributed by atoms with Crippen molar-refractivity contribution in [3.8, 4) is 0 Å². The molecule has 7 nitrogen and oxygen atoms in total. The summed E-state index contributed by atoms with van der Waals surface area (Å²) in [7, 11) is -3.91. The molecule has 0 spiro atoms. The molecule has 1 atom stereocenters. The molecule has 2 aromatic rings. The van der Waals surface area contributed by atoms with Crippen molar-refractivity contribution in [2.75, 3.05) is 23.3 Å². The topological polar surface area (TPSA) is 86.8 Å². The molecule has 2 aliphatic rings. The first-order chi connectivity index (χ1) is 14.8. The third-order valence-electron chi connectivity index (χ3n) is 5.76. The zero-order valence-electron chi connectivity index (χ0n) is 17.2. The van der Waals surface area contributed by atoms with Gasteiger partial charge in [0.15, 0.2) is 0 Å². The quantitative estimate of drug-likeness (QED) is 0.766. The Hall–Kier alpha value is -2.78. The molecular formula is C22H24FN3O4S. The van der Waals surface area contributed by atoms with Crippen LogP contribution in [-0.4, -0.2) is 43.7 Å². The van der Waals surface area contributed by atoms with Crippen LogP contribution < -0.4 is 10.2 Å². The average Bonchev–Trinajstić information content (AvgIpc) is 3.38. The first-order valence-corrected chi connectivity index (χ1v) is 11.7. The molecule has 0 aromatic heterocycles. The van der Waals surface area contributed by atoms with Crippen molar-refractivity contribution in [1.29, 1.82) is 0 Å². The van der Waals surface area contributed by atoms with Crippen molar-refractivity contribution >= 4 is 33.2 Å². The summed E-state index contributed by atoms with van der Waals surface area (Å²) in [6, 6.07) is 9.07. The predicted octanol–water partition coefficient (Wildman–Crippen LogP) is 3.05. The second-order valence-electron chi connectivity index (χ2n) is 7.87. The van der Waals surface area contributed by atoms with E-state index in [-0.39, 0.29) is 17.3 Å². The van der Waals surface area contributed by atoms with Crippen molar-refractivity contribution in [3.05, 3.63) is 53.8 Å². The van der Waals surface area contributed by atoms with Gasteiger partial charge in [-0.25, -0.2) is 12.8 Å². The Morgan fingerprint density at radius 1 is 1.10 bits per heavy atom. The number of anilines is 2. The summed E-state index contributed by atoms with van der Waals surface area (Å²) in [4.78, 5) is 26.6. The van der Waals surface area contributed by atoms with Crippen LogP contribution in [0.25, 0.3) is 0 Å². The third kappa shape index (κ3) is 4.20. The van der Waals surface area contributed by atoms with Gasteiger partial charge in [-0.15, -0.1) is 0 Å². The minimum Gasteiger partial charge on any atom is -0.325 e. The van der Waals surface area contributed by atoms with Gasteiger partial charge in [-0.05, 0) is 74.2 Å². The maximum atomic E-state index is 13.2. The molecule has 4 rings (SSSR count). The van der Waals surface area contributed by atoms with Gasteiger partial charge in [0.05, 0.1) is 4.90 Å². The van der Waals surface area contributed by atoms with E-state index in [1.807, 2.05) is 6.92 Å². The second-order valence-corrected chi connectivity index (χ2v) is 9.76. The number of rotatable bonds is 5. The first-order valence-electron chi connectivity index (χ1n) is 10.3. The number of benzene rings is 2. The SMILES string of the molecule is Cc1cc(NC(=O)C2CCCN2S(=O)(=O)c2ccc(F)cc2)ccc1N1CCCC1=O. The van der Waals surface area contributed by atoms with E-state index in [1.54, 1.807) is 23.1 Å². The van der Waals surface area contributed by atoms with Crippen molar-refractivity contribution in [2.45, 2.75) is 43.5 Å². The van der Waals surface area contributed by atoms with Crippen LogP contribution in [0.4, 0.5) is 15.8 Å². The number of aryl methyl sites for hydroxylation is 1. The minimum absolute atomic E-state index is 0.0379. The summed E-state index contributed by atoms with van der Waals surface area (Å²) in [5.74, 6) is -0.843. The molecule has 2 heterocycles. The molecule has 2 fully saturated rings. The average molecular weight is 446 g/mol. The van der Waals surface area contributed by atoms with E-state index >= 15 is 0 Å². The molecule has 0 saturated carbocycles. The summed E-state index contributed by atoms with van der Waals surface area (Å²) >= 11 is 0. The fourth-order valence-electron chi connectivity index (χ4n) is 4.20. The third-order valence-corrected chi connectivity index (χ3v) is 7.68. The second kappa shape index (κ2) is 8.39.